The molecule has 3 heterocycles. The molecule has 1 aliphatic rings. The minimum Gasteiger partial charge on any atom is -0.350 e. The number of halogens is 1. The van der Waals surface area contributed by atoms with Crippen LogP contribution in [0, 0.1) is 0 Å². The summed E-state index contributed by atoms with van der Waals surface area (Å²) >= 11 is 0. The summed E-state index contributed by atoms with van der Waals surface area (Å²) in [5.74, 6) is -0.736. The van der Waals surface area contributed by atoms with E-state index in [1.165, 1.54) is 0 Å². The molecule has 0 spiro atoms. The zero-order valence-corrected chi connectivity index (χ0v) is 20.5. The fourth-order valence-electron chi connectivity index (χ4n) is 5.14. The molecular weight excluding hydrogens is 472 g/mol. The third-order valence-electron chi connectivity index (χ3n) is 6.74. The van der Waals surface area contributed by atoms with Crippen LogP contribution in [0.1, 0.15) is 22.3 Å². The van der Waals surface area contributed by atoms with Crippen molar-refractivity contribution in [2.24, 2.45) is 12.8 Å². The molecule has 180 valence electrons. The number of aromatic nitrogens is 2. The molecule has 0 atom stereocenters. The van der Waals surface area contributed by atoms with E-state index in [0.29, 0.717) is 24.2 Å². The van der Waals surface area contributed by atoms with Gasteiger partial charge in [-0.2, -0.15) is 0 Å². The van der Waals surface area contributed by atoms with Crippen LogP contribution in [-0.4, -0.2) is 20.9 Å². The highest BCUT2D eigenvalue weighted by Crippen LogP contribution is 2.38. The lowest BCUT2D eigenvalue weighted by atomic mass is 9.95. The first-order chi connectivity index (χ1) is 17.0. The van der Waals surface area contributed by atoms with Crippen molar-refractivity contribution >= 4 is 57.2 Å². The molecule has 2 aromatic heterocycles. The van der Waals surface area contributed by atoms with Gasteiger partial charge in [-0.05, 0) is 23.3 Å². The molecule has 36 heavy (non-hydrogen) atoms. The Balaban J connectivity index is 0.00000267. The summed E-state index contributed by atoms with van der Waals surface area (Å²) in [6.45, 7) is 1.11. The number of carbonyl (C=O) groups excluding carboxylic acids is 2. The molecule has 3 N–H and O–H groups in total. The maximum Gasteiger partial charge on any atom is 0.259 e. The van der Waals surface area contributed by atoms with E-state index < -0.39 is 0 Å². The Bertz CT molecular complexity index is 1690. The predicted molar refractivity (Wildman–Crippen MR) is 146 cm³/mol. The predicted octanol–water partition coefficient (Wildman–Crippen LogP) is 4.63. The van der Waals surface area contributed by atoms with Gasteiger partial charge in [0.05, 0.1) is 11.1 Å². The van der Waals surface area contributed by atoms with Crippen LogP contribution in [0.5, 0.6) is 0 Å². The highest BCUT2D eigenvalue weighted by molar-refractivity contribution is 6.50. The first-order valence-electron chi connectivity index (χ1n) is 11.6. The second-order valence-electron chi connectivity index (χ2n) is 8.92. The Morgan fingerprint density at radius 1 is 0.750 bits per heavy atom. The van der Waals surface area contributed by atoms with Crippen molar-refractivity contribution in [3.05, 3.63) is 107 Å². The number of benzene rings is 3. The molecule has 0 saturated heterocycles. The van der Waals surface area contributed by atoms with E-state index in [9.17, 15) is 9.59 Å². The van der Waals surface area contributed by atoms with E-state index >= 15 is 0 Å². The first-order valence-corrected chi connectivity index (χ1v) is 11.6. The lowest BCUT2D eigenvalue weighted by molar-refractivity contribution is -0.122. The van der Waals surface area contributed by atoms with Gasteiger partial charge in [0.2, 0.25) is 0 Å². The highest BCUT2D eigenvalue weighted by Gasteiger charge is 2.35. The van der Waals surface area contributed by atoms with Gasteiger partial charge in [0, 0.05) is 65.5 Å². The Kier molecular flexibility index (Phi) is 6.00. The molecule has 0 saturated carbocycles. The summed E-state index contributed by atoms with van der Waals surface area (Å²) in [5.41, 5.74) is 12.4. The number of nitrogens with two attached hydrogens (primary N) is 1. The van der Waals surface area contributed by atoms with Gasteiger partial charge >= 0.3 is 0 Å². The quantitative estimate of drug-likeness (QED) is 0.348. The van der Waals surface area contributed by atoms with Crippen molar-refractivity contribution in [2.45, 2.75) is 13.1 Å². The SMILES string of the molecule is Cl.Cn1cc(C2=C(c3cn(Cc4cccc(CN)c4)c4ccccc34)C(=O)NC2=O)c2ccccc21. The lowest BCUT2D eigenvalue weighted by Gasteiger charge is -2.07. The Morgan fingerprint density at radius 2 is 1.33 bits per heavy atom. The van der Waals surface area contributed by atoms with Gasteiger partial charge in [-0.25, -0.2) is 0 Å². The minimum absolute atomic E-state index is 0. The Hall–Kier alpha value is -4.13. The van der Waals surface area contributed by atoms with Crippen molar-refractivity contribution in [1.29, 1.82) is 0 Å². The lowest BCUT2D eigenvalue weighted by Crippen LogP contribution is -2.22. The van der Waals surface area contributed by atoms with Crippen molar-refractivity contribution in [2.75, 3.05) is 0 Å². The normalized spacial score (nSPS) is 13.5. The summed E-state index contributed by atoms with van der Waals surface area (Å²) in [6, 6.07) is 24.1. The Morgan fingerprint density at radius 3 is 2.03 bits per heavy atom. The van der Waals surface area contributed by atoms with Crippen LogP contribution < -0.4 is 11.1 Å². The number of para-hydroxylation sites is 2. The third-order valence-corrected chi connectivity index (χ3v) is 6.74. The number of imide groups is 1. The van der Waals surface area contributed by atoms with Crippen molar-refractivity contribution in [3.8, 4) is 0 Å². The molecule has 0 bridgehead atoms. The summed E-state index contributed by atoms with van der Waals surface area (Å²) < 4.78 is 4.11. The number of nitrogens with zero attached hydrogens (tertiary/aromatic N) is 2. The monoisotopic (exact) mass is 496 g/mol. The van der Waals surface area contributed by atoms with Crippen LogP contribution in [0.15, 0.2) is 85.2 Å². The molecule has 3 aromatic carbocycles. The van der Waals surface area contributed by atoms with Crippen LogP contribution in [0.25, 0.3) is 33.0 Å². The molecular formula is C29H25ClN4O2. The zero-order valence-electron chi connectivity index (χ0n) is 19.7. The molecule has 0 aliphatic carbocycles. The first kappa shape index (κ1) is 23.6. The number of rotatable bonds is 5. The van der Waals surface area contributed by atoms with Crippen LogP contribution in [-0.2, 0) is 29.7 Å². The number of aryl methyl sites for hydroxylation is 1. The number of carbonyl (C=O) groups is 2. The maximum atomic E-state index is 13.2. The van der Waals surface area contributed by atoms with E-state index in [-0.39, 0.29) is 24.2 Å². The van der Waals surface area contributed by atoms with Gasteiger partial charge in [0.25, 0.3) is 11.8 Å². The fraction of sp³-hybridized carbons (Fsp3) is 0.103. The van der Waals surface area contributed by atoms with Crippen molar-refractivity contribution < 1.29 is 9.59 Å². The second kappa shape index (κ2) is 9.15. The molecule has 1 aliphatic heterocycles. The average molecular weight is 497 g/mol. The topological polar surface area (TPSA) is 82.0 Å². The summed E-state index contributed by atoms with van der Waals surface area (Å²) in [5, 5.41) is 4.41. The minimum atomic E-state index is -0.369. The third kappa shape index (κ3) is 3.71. The molecule has 2 amide bonds. The molecule has 0 radical (unpaired) electrons. The standard InChI is InChI=1S/C29H24N4O2.ClH/c1-32-16-22(20-9-2-4-11-24(20)32)26-27(29(35)31-28(26)34)23-17-33(25-12-5-3-10-21(23)25)15-19-8-6-7-18(13-19)14-30;/h2-13,16-17H,14-15,30H2,1H3,(H,31,34,35);1H. The van der Waals surface area contributed by atoms with E-state index in [0.717, 1.165) is 44.1 Å². The summed E-state index contributed by atoms with van der Waals surface area (Å²) in [4.78, 5) is 26.3. The molecule has 0 fully saturated rings. The summed E-state index contributed by atoms with van der Waals surface area (Å²) in [6.07, 6.45) is 3.91. The van der Waals surface area contributed by atoms with Crippen LogP contribution >= 0.6 is 12.4 Å². The Labute approximate surface area is 214 Å². The molecule has 5 aromatic rings. The number of fused-ring (bicyclic) bond motifs is 2. The number of nitrogens with one attached hydrogen (secondary N) is 1. The highest BCUT2D eigenvalue weighted by atomic mass is 35.5. The number of amides is 2. The second-order valence-corrected chi connectivity index (χ2v) is 8.92. The summed E-state index contributed by atoms with van der Waals surface area (Å²) in [7, 11) is 1.95. The van der Waals surface area contributed by atoms with E-state index in [1.807, 2.05) is 84.7 Å². The fourth-order valence-corrected chi connectivity index (χ4v) is 5.14. The van der Waals surface area contributed by atoms with E-state index in [2.05, 4.69) is 22.0 Å². The molecule has 7 heteroatoms. The van der Waals surface area contributed by atoms with Gasteiger partial charge < -0.3 is 14.9 Å². The maximum absolute atomic E-state index is 13.2. The van der Waals surface area contributed by atoms with Crippen molar-refractivity contribution in [3.63, 3.8) is 0 Å². The number of hydrogen-bond acceptors (Lipinski definition) is 3. The van der Waals surface area contributed by atoms with E-state index in [1.54, 1.807) is 0 Å². The van der Waals surface area contributed by atoms with Crippen LogP contribution in [0.2, 0.25) is 0 Å². The van der Waals surface area contributed by atoms with Gasteiger partial charge in [0.15, 0.2) is 0 Å². The number of hydrogen-bond donors (Lipinski definition) is 2. The van der Waals surface area contributed by atoms with Gasteiger partial charge in [-0.1, -0.05) is 60.7 Å². The molecule has 6 nitrogen and oxygen atoms in total. The largest absolute Gasteiger partial charge is 0.350 e. The van der Waals surface area contributed by atoms with Gasteiger partial charge in [-0.15, -0.1) is 12.4 Å². The molecule has 0 unspecified atom stereocenters. The zero-order chi connectivity index (χ0) is 24.1. The van der Waals surface area contributed by atoms with Gasteiger partial charge in [0.1, 0.15) is 0 Å². The average Bonchev–Trinajstić information content (AvgIpc) is 3.50. The smallest absolute Gasteiger partial charge is 0.259 e. The van der Waals surface area contributed by atoms with Gasteiger partial charge in [-0.3, -0.25) is 14.9 Å². The van der Waals surface area contributed by atoms with Crippen LogP contribution in [0.4, 0.5) is 0 Å². The van der Waals surface area contributed by atoms with E-state index in [4.69, 9.17) is 5.73 Å². The van der Waals surface area contributed by atoms with Crippen LogP contribution in [0.3, 0.4) is 0 Å². The van der Waals surface area contributed by atoms with Crippen molar-refractivity contribution in [1.82, 2.24) is 14.5 Å². The molecule has 6 rings (SSSR count).